The van der Waals surface area contributed by atoms with Crippen molar-refractivity contribution >= 4 is 5.91 Å². The number of hydrogen-bond donors (Lipinski definition) is 1. The zero-order valence-electron chi connectivity index (χ0n) is 11.8. The highest BCUT2D eigenvalue weighted by atomic mass is 16.5. The second kappa shape index (κ2) is 6.10. The number of rotatable bonds is 4. The molecule has 0 atom stereocenters. The monoisotopic (exact) mass is 271 g/mol. The minimum Gasteiger partial charge on any atom is -0.493 e. The van der Waals surface area contributed by atoms with E-state index in [1.807, 2.05) is 36.4 Å². The summed E-state index contributed by atoms with van der Waals surface area (Å²) in [7, 11) is 4.73. The lowest BCUT2D eigenvalue weighted by Gasteiger charge is -2.14. The lowest BCUT2D eigenvalue weighted by molar-refractivity contribution is 0.0963. The molecule has 20 heavy (non-hydrogen) atoms. The van der Waals surface area contributed by atoms with Gasteiger partial charge in [-0.1, -0.05) is 30.3 Å². The molecule has 2 aromatic carbocycles. The molecule has 0 unspecified atom stereocenters. The Hall–Kier alpha value is -2.49. The molecule has 0 aliphatic carbocycles. The molecule has 0 radical (unpaired) electrons. The van der Waals surface area contributed by atoms with Crippen LogP contribution in [0.1, 0.15) is 10.4 Å². The van der Waals surface area contributed by atoms with Crippen LogP contribution in [0.15, 0.2) is 42.5 Å². The third-order valence-electron chi connectivity index (χ3n) is 3.08. The first-order chi connectivity index (χ1) is 9.71. The fourth-order valence-corrected chi connectivity index (χ4v) is 2.06. The predicted octanol–water partition coefficient (Wildman–Crippen LogP) is 2.73. The number of carbonyl (C=O) groups is 1. The molecule has 2 aromatic rings. The number of methoxy groups -OCH3 is 2. The van der Waals surface area contributed by atoms with E-state index in [1.165, 1.54) is 0 Å². The summed E-state index contributed by atoms with van der Waals surface area (Å²) in [6, 6.07) is 13.2. The Kier molecular flexibility index (Phi) is 4.25. The van der Waals surface area contributed by atoms with Gasteiger partial charge in [-0.05, 0) is 23.3 Å². The number of amides is 1. The van der Waals surface area contributed by atoms with Gasteiger partial charge in [0.1, 0.15) is 0 Å². The van der Waals surface area contributed by atoms with Crippen molar-refractivity contribution in [2.24, 2.45) is 0 Å². The van der Waals surface area contributed by atoms with Crippen LogP contribution in [0, 0.1) is 0 Å². The standard InChI is InChI=1S/C16H17NO3/c1-17-16(18)13-10-15(20-3)14(19-2)9-12(13)11-7-5-4-6-8-11/h4-10H,1-3H3,(H,17,18). The Morgan fingerprint density at radius 2 is 1.60 bits per heavy atom. The summed E-state index contributed by atoms with van der Waals surface area (Å²) in [5.41, 5.74) is 2.31. The minimum atomic E-state index is -0.162. The van der Waals surface area contributed by atoms with Gasteiger partial charge in [0.25, 0.3) is 5.91 Å². The van der Waals surface area contributed by atoms with Crippen LogP contribution in [0.3, 0.4) is 0 Å². The van der Waals surface area contributed by atoms with Gasteiger partial charge in [0.15, 0.2) is 11.5 Å². The van der Waals surface area contributed by atoms with Crippen molar-refractivity contribution in [2.75, 3.05) is 21.3 Å². The number of benzene rings is 2. The van der Waals surface area contributed by atoms with Gasteiger partial charge in [-0.2, -0.15) is 0 Å². The van der Waals surface area contributed by atoms with E-state index in [1.54, 1.807) is 27.3 Å². The summed E-state index contributed by atoms with van der Waals surface area (Å²) in [5, 5.41) is 2.64. The number of nitrogens with one attached hydrogen (secondary N) is 1. The summed E-state index contributed by atoms with van der Waals surface area (Å²) in [6.07, 6.45) is 0. The zero-order valence-corrected chi connectivity index (χ0v) is 11.8. The maximum atomic E-state index is 12.1. The summed E-state index contributed by atoms with van der Waals surface area (Å²) in [6.45, 7) is 0. The van der Waals surface area contributed by atoms with Gasteiger partial charge < -0.3 is 14.8 Å². The number of ether oxygens (including phenoxy) is 2. The van der Waals surface area contributed by atoms with E-state index >= 15 is 0 Å². The molecule has 0 heterocycles. The molecule has 1 amide bonds. The van der Waals surface area contributed by atoms with Gasteiger partial charge in [-0.15, -0.1) is 0 Å². The fraction of sp³-hybridized carbons (Fsp3) is 0.188. The molecule has 0 saturated heterocycles. The SMILES string of the molecule is CNC(=O)c1cc(OC)c(OC)cc1-c1ccccc1. The molecule has 0 saturated carbocycles. The zero-order chi connectivity index (χ0) is 14.5. The van der Waals surface area contributed by atoms with Gasteiger partial charge >= 0.3 is 0 Å². The fourth-order valence-electron chi connectivity index (χ4n) is 2.06. The molecule has 1 N–H and O–H groups in total. The molecular formula is C16H17NO3. The van der Waals surface area contributed by atoms with Gasteiger partial charge in [-0.25, -0.2) is 0 Å². The van der Waals surface area contributed by atoms with Gasteiger partial charge in [0.2, 0.25) is 0 Å². The Labute approximate surface area is 118 Å². The highest BCUT2D eigenvalue weighted by Crippen LogP contribution is 2.35. The summed E-state index contributed by atoms with van der Waals surface area (Å²) in [5.74, 6) is 0.967. The van der Waals surface area contributed by atoms with Crippen LogP contribution in [-0.4, -0.2) is 27.2 Å². The number of hydrogen-bond acceptors (Lipinski definition) is 3. The molecule has 0 aliphatic rings. The maximum absolute atomic E-state index is 12.1. The third-order valence-corrected chi connectivity index (χ3v) is 3.08. The number of carbonyl (C=O) groups excluding carboxylic acids is 1. The Morgan fingerprint density at radius 3 is 2.15 bits per heavy atom. The van der Waals surface area contributed by atoms with Gasteiger partial charge in [0.05, 0.1) is 19.8 Å². The Balaban J connectivity index is 2.67. The highest BCUT2D eigenvalue weighted by Gasteiger charge is 2.16. The van der Waals surface area contributed by atoms with Crippen LogP contribution >= 0.6 is 0 Å². The van der Waals surface area contributed by atoms with Crippen LogP contribution in [-0.2, 0) is 0 Å². The normalized spacial score (nSPS) is 9.95. The van der Waals surface area contributed by atoms with Crippen LogP contribution in [0.25, 0.3) is 11.1 Å². The van der Waals surface area contributed by atoms with E-state index < -0.39 is 0 Å². The molecule has 104 valence electrons. The summed E-state index contributed by atoms with van der Waals surface area (Å²) >= 11 is 0. The van der Waals surface area contributed by atoms with E-state index in [4.69, 9.17) is 9.47 Å². The Morgan fingerprint density at radius 1 is 1.00 bits per heavy atom. The molecule has 0 spiro atoms. The topological polar surface area (TPSA) is 47.6 Å². The van der Waals surface area contributed by atoms with Crippen molar-refractivity contribution in [2.45, 2.75) is 0 Å². The van der Waals surface area contributed by atoms with E-state index in [-0.39, 0.29) is 5.91 Å². The first-order valence-electron chi connectivity index (χ1n) is 6.24. The van der Waals surface area contributed by atoms with Gasteiger partial charge in [0, 0.05) is 7.05 Å². The molecule has 0 bridgehead atoms. The molecule has 0 aromatic heterocycles. The van der Waals surface area contributed by atoms with E-state index in [2.05, 4.69) is 5.32 Å². The average molecular weight is 271 g/mol. The first kappa shape index (κ1) is 13.9. The summed E-state index contributed by atoms with van der Waals surface area (Å²) in [4.78, 5) is 12.1. The molecule has 4 nitrogen and oxygen atoms in total. The van der Waals surface area contributed by atoms with Crippen molar-refractivity contribution in [3.05, 3.63) is 48.0 Å². The molecule has 0 aliphatic heterocycles. The van der Waals surface area contributed by atoms with Crippen LogP contribution in [0.4, 0.5) is 0 Å². The molecule has 2 rings (SSSR count). The van der Waals surface area contributed by atoms with E-state index in [0.717, 1.165) is 11.1 Å². The molecule has 4 heteroatoms. The summed E-state index contributed by atoms with van der Waals surface area (Å²) < 4.78 is 10.6. The minimum absolute atomic E-state index is 0.162. The third kappa shape index (κ3) is 2.59. The van der Waals surface area contributed by atoms with Crippen molar-refractivity contribution < 1.29 is 14.3 Å². The van der Waals surface area contributed by atoms with Crippen molar-refractivity contribution in [3.63, 3.8) is 0 Å². The second-order valence-electron chi connectivity index (χ2n) is 4.20. The molecular weight excluding hydrogens is 254 g/mol. The van der Waals surface area contributed by atoms with E-state index in [9.17, 15) is 4.79 Å². The predicted molar refractivity (Wildman–Crippen MR) is 78.4 cm³/mol. The average Bonchev–Trinajstić information content (AvgIpc) is 2.53. The Bertz CT molecular complexity index is 609. The lowest BCUT2D eigenvalue weighted by atomic mass is 9.98. The second-order valence-corrected chi connectivity index (χ2v) is 4.20. The van der Waals surface area contributed by atoms with Crippen molar-refractivity contribution in [1.29, 1.82) is 0 Å². The highest BCUT2D eigenvalue weighted by molar-refractivity contribution is 6.01. The lowest BCUT2D eigenvalue weighted by Crippen LogP contribution is -2.19. The van der Waals surface area contributed by atoms with E-state index in [0.29, 0.717) is 17.1 Å². The van der Waals surface area contributed by atoms with Crippen molar-refractivity contribution in [3.8, 4) is 22.6 Å². The first-order valence-corrected chi connectivity index (χ1v) is 6.24. The van der Waals surface area contributed by atoms with Crippen LogP contribution in [0.5, 0.6) is 11.5 Å². The van der Waals surface area contributed by atoms with Gasteiger partial charge in [-0.3, -0.25) is 4.79 Å². The van der Waals surface area contributed by atoms with Crippen LogP contribution < -0.4 is 14.8 Å². The maximum Gasteiger partial charge on any atom is 0.251 e. The quantitative estimate of drug-likeness (QED) is 0.930. The largest absolute Gasteiger partial charge is 0.493 e. The molecule has 0 fully saturated rings. The smallest absolute Gasteiger partial charge is 0.251 e. The van der Waals surface area contributed by atoms with Crippen LogP contribution in [0.2, 0.25) is 0 Å². The van der Waals surface area contributed by atoms with Crippen molar-refractivity contribution in [1.82, 2.24) is 5.32 Å².